The van der Waals surface area contributed by atoms with Crippen molar-refractivity contribution in [1.29, 1.82) is 0 Å². The van der Waals surface area contributed by atoms with Crippen LogP contribution in [-0.4, -0.2) is 15.0 Å². The Hall–Kier alpha value is -3.22. The summed E-state index contributed by atoms with van der Waals surface area (Å²) in [7, 11) is 0. The zero-order chi connectivity index (χ0) is 15.4. The quantitative estimate of drug-likeness (QED) is 0.769. The third-order valence-corrected chi connectivity index (χ3v) is 2.75. The summed E-state index contributed by atoms with van der Waals surface area (Å²) >= 11 is 0. The van der Waals surface area contributed by atoms with E-state index in [0.29, 0.717) is 17.2 Å². The van der Waals surface area contributed by atoms with Gasteiger partial charge in [-0.05, 0) is 36.4 Å². The van der Waals surface area contributed by atoms with E-state index in [1.807, 2.05) is 0 Å². The molecule has 0 bridgehead atoms. The van der Waals surface area contributed by atoms with Crippen molar-refractivity contribution in [3.05, 3.63) is 60.8 Å². The zero-order valence-corrected chi connectivity index (χ0v) is 11.4. The minimum absolute atomic E-state index is 0.000399. The number of nitrogens with zero attached hydrogens (tertiary/aromatic N) is 3. The first-order valence-electron chi connectivity index (χ1n) is 6.44. The first-order valence-corrected chi connectivity index (χ1v) is 6.44. The normalized spacial score (nSPS) is 10.2. The lowest BCUT2D eigenvalue weighted by molar-refractivity contribution is 0.480. The Balaban J connectivity index is 1.73. The Morgan fingerprint density at radius 2 is 1.86 bits per heavy atom. The third-order valence-electron chi connectivity index (χ3n) is 2.75. The summed E-state index contributed by atoms with van der Waals surface area (Å²) in [6.45, 7) is 0. The van der Waals surface area contributed by atoms with Crippen molar-refractivity contribution in [2.45, 2.75) is 0 Å². The first kappa shape index (κ1) is 13.7. The van der Waals surface area contributed by atoms with Crippen molar-refractivity contribution >= 4 is 17.5 Å². The minimum Gasteiger partial charge on any atom is -0.456 e. The number of hydrogen-bond donors (Lipinski definition) is 2. The molecule has 3 rings (SSSR count). The van der Waals surface area contributed by atoms with Crippen LogP contribution in [0, 0.1) is 5.82 Å². The number of nitrogens with one attached hydrogen (secondary N) is 1. The fourth-order valence-corrected chi connectivity index (χ4v) is 1.76. The Morgan fingerprint density at radius 3 is 2.59 bits per heavy atom. The number of nitrogen functional groups attached to an aromatic ring is 1. The van der Waals surface area contributed by atoms with Gasteiger partial charge in [-0.1, -0.05) is 0 Å². The third kappa shape index (κ3) is 3.26. The number of pyridine rings is 1. The molecule has 0 radical (unpaired) electrons. The lowest BCUT2D eigenvalue weighted by atomic mass is 10.3. The topological polar surface area (TPSA) is 86.0 Å². The van der Waals surface area contributed by atoms with Crippen LogP contribution in [0.5, 0.6) is 11.5 Å². The lowest BCUT2D eigenvalue weighted by Crippen LogP contribution is -2.02. The van der Waals surface area contributed by atoms with Gasteiger partial charge >= 0.3 is 0 Å². The molecule has 0 atom stereocenters. The van der Waals surface area contributed by atoms with Crippen LogP contribution in [0.4, 0.5) is 21.8 Å². The highest BCUT2D eigenvalue weighted by Crippen LogP contribution is 2.24. The zero-order valence-electron chi connectivity index (χ0n) is 11.4. The predicted molar refractivity (Wildman–Crippen MR) is 80.4 cm³/mol. The highest BCUT2D eigenvalue weighted by atomic mass is 19.1. The van der Waals surface area contributed by atoms with Gasteiger partial charge in [-0.25, -0.2) is 9.37 Å². The van der Waals surface area contributed by atoms with Crippen molar-refractivity contribution < 1.29 is 9.13 Å². The van der Waals surface area contributed by atoms with Crippen LogP contribution >= 0.6 is 0 Å². The average molecular weight is 297 g/mol. The number of nitrogens with two attached hydrogens (primary N) is 1. The van der Waals surface area contributed by atoms with Crippen molar-refractivity contribution in [2.24, 2.45) is 0 Å². The van der Waals surface area contributed by atoms with E-state index in [2.05, 4.69) is 20.3 Å². The lowest BCUT2D eigenvalue weighted by Gasteiger charge is -2.08. The highest BCUT2D eigenvalue weighted by Gasteiger charge is 2.06. The molecule has 0 fully saturated rings. The molecule has 0 saturated heterocycles. The number of hydrogen-bond acceptors (Lipinski definition) is 6. The summed E-state index contributed by atoms with van der Waals surface area (Å²) in [6.07, 6.45) is 4.30. The molecule has 3 aromatic rings. The number of aromatic nitrogens is 3. The fourth-order valence-electron chi connectivity index (χ4n) is 1.76. The second-order valence-electron chi connectivity index (χ2n) is 4.36. The predicted octanol–water partition coefficient (Wildman–Crippen LogP) is 3.13. The molecule has 3 N–H and O–H groups in total. The second kappa shape index (κ2) is 6.04. The summed E-state index contributed by atoms with van der Waals surface area (Å²) in [4.78, 5) is 11.3. The molecule has 0 spiro atoms. The summed E-state index contributed by atoms with van der Waals surface area (Å²) in [5, 5.41) is 2.83. The highest BCUT2D eigenvalue weighted by molar-refractivity contribution is 5.58. The molecule has 2 heterocycles. The van der Waals surface area contributed by atoms with Gasteiger partial charge in [0.2, 0.25) is 5.95 Å². The number of halogens is 1. The Bertz CT molecular complexity index is 765. The van der Waals surface area contributed by atoms with Crippen molar-refractivity contribution in [1.82, 2.24) is 15.0 Å². The summed E-state index contributed by atoms with van der Waals surface area (Å²) < 4.78 is 19.2. The molecule has 0 unspecified atom stereocenters. The van der Waals surface area contributed by atoms with E-state index in [1.54, 1.807) is 48.8 Å². The standard InChI is InChI=1S/C15H12FN5O/c16-13-9-19-15(17)21-14(13)20-10-3-5-11(6-4-10)22-12-2-1-7-18-8-12/h1-9H,(H3,17,19,20,21). The number of anilines is 3. The number of rotatable bonds is 4. The molecule has 110 valence electrons. The van der Waals surface area contributed by atoms with Gasteiger partial charge in [-0.2, -0.15) is 4.98 Å². The molecule has 7 heteroatoms. The van der Waals surface area contributed by atoms with Gasteiger partial charge in [0.1, 0.15) is 11.5 Å². The fraction of sp³-hybridized carbons (Fsp3) is 0. The van der Waals surface area contributed by atoms with Gasteiger partial charge in [-0.3, -0.25) is 4.98 Å². The van der Waals surface area contributed by atoms with Gasteiger partial charge in [0, 0.05) is 11.9 Å². The van der Waals surface area contributed by atoms with E-state index in [0.717, 1.165) is 6.20 Å². The molecule has 0 amide bonds. The minimum atomic E-state index is -0.579. The van der Waals surface area contributed by atoms with Crippen molar-refractivity contribution in [3.8, 4) is 11.5 Å². The van der Waals surface area contributed by atoms with Gasteiger partial charge in [-0.15, -0.1) is 0 Å². The maximum Gasteiger partial charge on any atom is 0.222 e. The molecule has 0 aliphatic heterocycles. The van der Waals surface area contributed by atoms with Crippen LogP contribution in [0.2, 0.25) is 0 Å². The van der Waals surface area contributed by atoms with Crippen molar-refractivity contribution in [2.75, 3.05) is 11.1 Å². The maximum atomic E-state index is 13.5. The van der Waals surface area contributed by atoms with Crippen LogP contribution in [0.1, 0.15) is 0 Å². The molecule has 0 aliphatic rings. The molecular weight excluding hydrogens is 285 g/mol. The van der Waals surface area contributed by atoms with Crippen LogP contribution < -0.4 is 15.8 Å². The Morgan fingerprint density at radius 1 is 1.05 bits per heavy atom. The largest absolute Gasteiger partial charge is 0.456 e. The summed E-state index contributed by atoms with van der Waals surface area (Å²) in [5.41, 5.74) is 6.09. The first-order chi connectivity index (χ1) is 10.7. The van der Waals surface area contributed by atoms with Crippen LogP contribution in [0.15, 0.2) is 55.0 Å². The van der Waals surface area contributed by atoms with Crippen molar-refractivity contribution in [3.63, 3.8) is 0 Å². The van der Waals surface area contributed by atoms with E-state index in [1.165, 1.54) is 0 Å². The van der Waals surface area contributed by atoms with Crippen LogP contribution in [0.25, 0.3) is 0 Å². The maximum absolute atomic E-state index is 13.5. The Labute approximate surface area is 125 Å². The molecule has 2 aromatic heterocycles. The molecule has 0 saturated carbocycles. The monoisotopic (exact) mass is 297 g/mol. The molecule has 1 aromatic carbocycles. The SMILES string of the molecule is Nc1ncc(F)c(Nc2ccc(Oc3cccnc3)cc2)n1. The molecule has 6 nitrogen and oxygen atoms in total. The summed E-state index contributed by atoms with van der Waals surface area (Å²) in [6, 6.07) is 10.6. The Kier molecular flexibility index (Phi) is 3.78. The average Bonchev–Trinajstić information content (AvgIpc) is 2.54. The van der Waals surface area contributed by atoms with Gasteiger partial charge in [0.25, 0.3) is 0 Å². The second-order valence-corrected chi connectivity index (χ2v) is 4.36. The molecular formula is C15H12FN5O. The van der Waals surface area contributed by atoms with Gasteiger partial charge in [0.15, 0.2) is 11.6 Å². The van der Waals surface area contributed by atoms with E-state index in [4.69, 9.17) is 10.5 Å². The number of ether oxygens (including phenoxy) is 1. The van der Waals surface area contributed by atoms with E-state index >= 15 is 0 Å². The van der Waals surface area contributed by atoms with E-state index < -0.39 is 5.82 Å². The van der Waals surface area contributed by atoms with Crippen LogP contribution in [0.3, 0.4) is 0 Å². The summed E-state index contributed by atoms with van der Waals surface area (Å²) in [5.74, 6) is 0.720. The van der Waals surface area contributed by atoms with E-state index in [-0.39, 0.29) is 11.8 Å². The molecule has 0 aliphatic carbocycles. The number of benzene rings is 1. The van der Waals surface area contributed by atoms with E-state index in [9.17, 15) is 4.39 Å². The smallest absolute Gasteiger partial charge is 0.222 e. The van der Waals surface area contributed by atoms with Gasteiger partial charge in [0.05, 0.1) is 12.4 Å². The van der Waals surface area contributed by atoms with Gasteiger partial charge < -0.3 is 15.8 Å². The van der Waals surface area contributed by atoms with Crippen LogP contribution in [-0.2, 0) is 0 Å². The molecule has 22 heavy (non-hydrogen) atoms.